The second-order valence-corrected chi connectivity index (χ2v) is 4.18. The standard InChI is InChI=1S/C13H21N3O3/c1-10-12(8-11(14)9-15-10)13(17)16(4-6-18-2)5-7-19-3/h8-9H,4-7,14H2,1-3H3. The number of carbonyl (C=O) groups excluding carboxylic acids is 1. The Balaban J connectivity index is 2.87. The highest BCUT2D eigenvalue weighted by molar-refractivity contribution is 5.96. The number of carbonyl (C=O) groups is 1. The van der Waals surface area contributed by atoms with E-state index in [4.69, 9.17) is 15.2 Å². The van der Waals surface area contributed by atoms with Crippen LogP contribution in [0.25, 0.3) is 0 Å². The minimum Gasteiger partial charge on any atom is -0.397 e. The Morgan fingerprint density at radius 1 is 1.32 bits per heavy atom. The predicted octanol–water partition coefficient (Wildman–Crippen LogP) is 0.707. The molecule has 1 aromatic rings. The summed E-state index contributed by atoms with van der Waals surface area (Å²) < 4.78 is 10.0. The molecule has 1 aromatic heterocycles. The lowest BCUT2D eigenvalue weighted by Crippen LogP contribution is -2.37. The minimum absolute atomic E-state index is 0.105. The van der Waals surface area contributed by atoms with Crippen LogP contribution in [0.15, 0.2) is 12.3 Å². The van der Waals surface area contributed by atoms with Gasteiger partial charge in [-0.3, -0.25) is 9.78 Å². The molecule has 1 rings (SSSR count). The highest BCUT2D eigenvalue weighted by Crippen LogP contribution is 2.12. The Labute approximate surface area is 113 Å². The summed E-state index contributed by atoms with van der Waals surface area (Å²) in [5, 5.41) is 0. The minimum atomic E-state index is -0.105. The van der Waals surface area contributed by atoms with Crippen LogP contribution in [0.1, 0.15) is 16.1 Å². The summed E-state index contributed by atoms with van der Waals surface area (Å²) in [6.07, 6.45) is 1.54. The van der Waals surface area contributed by atoms with Gasteiger partial charge >= 0.3 is 0 Å². The molecule has 19 heavy (non-hydrogen) atoms. The van der Waals surface area contributed by atoms with Crippen LogP contribution in [0.4, 0.5) is 5.69 Å². The Bertz CT molecular complexity index is 416. The van der Waals surface area contributed by atoms with Gasteiger partial charge in [0.25, 0.3) is 5.91 Å². The van der Waals surface area contributed by atoms with Gasteiger partial charge in [-0.2, -0.15) is 0 Å². The predicted molar refractivity (Wildman–Crippen MR) is 73.0 cm³/mol. The maximum Gasteiger partial charge on any atom is 0.255 e. The molecule has 1 heterocycles. The largest absolute Gasteiger partial charge is 0.397 e. The van der Waals surface area contributed by atoms with Crippen molar-refractivity contribution < 1.29 is 14.3 Å². The maximum atomic E-state index is 12.4. The third kappa shape index (κ3) is 4.50. The van der Waals surface area contributed by atoms with Gasteiger partial charge in [0, 0.05) is 27.3 Å². The average molecular weight is 267 g/mol. The summed E-state index contributed by atoms with van der Waals surface area (Å²) in [5.41, 5.74) is 7.35. The first-order valence-corrected chi connectivity index (χ1v) is 6.09. The van der Waals surface area contributed by atoms with Crippen molar-refractivity contribution in [2.24, 2.45) is 0 Å². The molecule has 106 valence electrons. The number of nitrogen functional groups attached to an aromatic ring is 1. The average Bonchev–Trinajstić information content (AvgIpc) is 2.41. The number of aryl methyl sites for hydroxylation is 1. The van der Waals surface area contributed by atoms with E-state index in [-0.39, 0.29) is 5.91 Å². The van der Waals surface area contributed by atoms with Gasteiger partial charge in [-0.15, -0.1) is 0 Å². The van der Waals surface area contributed by atoms with Gasteiger partial charge in [-0.05, 0) is 13.0 Å². The first kappa shape index (κ1) is 15.4. The van der Waals surface area contributed by atoms with Crippen molar-refractivity contribution in [3.05, 3.63) is 23.5 Å². The van der Waals surface area contributed by atoms with Crippen molar-refractivity contribution >= 4 is 11.6 Å². The fourth-order valence-electron chi connectivity index (χ4n) is 1.65. The molecule has 0 saturated carbocycles. The molecule has 0 bridgehead atoms. The number of pyridine rings is 1. The van der Waals surface area contributed by atoms with Gasteiger partial charge in [0.05, 0.1) is 36.4 Å². The summed E-state index contributed by atoms with van der Waals surface area (Å²) in [5.74, 6) is -0.105. The number of rotatable bonds is 7. The molecule has 0 aromatic carbocycles. The van der Waals surface area contributed by atoms with Gasteiger partial charge in [0.2, 0.25) is 0 Å². The molecule has 0 aliphatic heterocycles. The fraction of sp³-hybridized carbons (Fsp3) is 0.538. The van der Waals surface area contributed by atoms with Gasteiger partial charge < -0.3 is 20.1 Å². The van der Waals surface area contributed by atoms with Crippen LogP contribution in [-0.2, 0) is 9.47 Å². The molecule has 6 nitrogen and oxygen atoms in total. The first-order valence-electron chi connectivity index (χ1n) is 6.09. The summed E-state index contributed by atoms with van der Waals surface area (Å²) in [4.78, 5) is 18.2. The number of ether oxygens (including phenoxy) is 2. The Morgan fingerprint density at radius 3 is 2.42 bits per heavy atom. The number of amides is 1. The van der Waals surface area contributed by atoms with Crippen LogP contribution >= 0.6 is 0 Å². The molecule has 0 aliphatic rings. The number of hydrogen-bond donors (Lipinski definition) is 1. The topological polar surface area (TPSA) is 77.7 Å². The van der Waals surface area contributed by atoms with E-state index in [0.29, 0.717) is 43.2 Å². The van der Waals surface area contributed by atoms with E-state index in [1.165, 1.54) is 0 Å². The van der Waals surface area contributed by atoms with Crippen LogP contribution in [-0.4, -0.2) is 56.3 Å². The molecular formula is C13H21N3O3. The smallest absolute Gasteiger partial charge is 0.255 e. The van der Waals surface area contributed by atoms with Crippen molar-refractivity contribution in [3.63, 3.8) is 0 Å². The molecule has 0 atom stereocenters. The molecule has 0 unspecified atom stereocenters. The molecule has 0 aliphatic carbocycles. The van der Waals surface area contributed by atoms with Gasteiger partial charge in [-0.1, -0.05) is 0 Å². The van der Waals surface area contributed by atoms with Crippen LogP contribution in [0.3, 0.4) is 0 Å². The third-order valence-electron chi connectivity index (χ3n) is 2.76. The summed E-state index contributed by atoms with van der Waals surface area (Å²) in [6.45, 7) is 3.76. The molecule has 6 heteroatoms. The van der Waals surface area contributed by atoms with Crippen LogP contribution < -0.4 is 5.73 Å². The molecule has 0 fully saturated rings. The number of methoxy groups -OCH3 is 2. The van der Waals surface area contributed by atoms with Gasteiger partial charge in [0.1, 0.15) is 0 Å². The van der Waals surface area contributed by atoms with E-state index >= 15 is 0 Å². The van der Waals surface area contributed by atoms with Crippen molar-refractivity contribution in [2.45, 2.75) is 6.92 Å². The molecular weight excluding hydrogens is 246 g/mol. The Morgan fingerprint density at radius 2 is 1.89 bits per heavy atom. The van der Waals surface area contributed by atoms with Crippen LogP contribution in [0.5, 0.6) is 0 Å². The lowest BCUT2D eigenvalue weighted by atomic mass is 10.1. The normalized spacial score (nSPS) is 10.5. The highest BCUT2D eigenvalue weighted by Gasteiger charge is 2.18. The van der Waals surface area contributed by atoms with Crippen molar-refractivity contribution in [3.8, 4) is 0 Å². The van der Waals surface area contributed by atoms with E-state index in [9.17, 15) is 4.79 Å². The number of nitrogens with two attached hydrogens (primary N) is 1. The molecule has 0 radical (unpaired) electrons. The second kappa shape index (κ2) is 7.70. The summed E-state index contributed by atoms with van der Waals surface area (Å²) >= 11 is 0. The lowest BCUT2D eigenvalue weighted by Gasteiger charge is -2.22. The molecule has 1 amide bonds. The van der Waals surface area contributed by atoms with E-state index in [1.807, 2.05) is 0 Å². The summed E-state index contributed by atoms with van der Waals surface area (Å²) in [6, 6.07) is 1.65. The van der Waals surface area contributed by atoms with Crippen LogP contribution in [0.2, 0.25) is 0 Å². The fourth-order valence-corrected chi connectivity index (χ4v) is 1.65. The maximum absolute atomic E-state index is 12.4. The van der Waals surface area contributed by atoms with Crippen molar-refractivity contribution in [1.82, 2.24) is 9.88 Å². The number of anilines is 1. The van der Waals surface area contributed by atoms with E-state index < -0.39 is 0 Å². The van der Waals surface area contributed by atoms with E-state index in [2.05, 4.69) is 4.98 Å². The van der Waals surface area contributed by atoms with E-state index in [0.717, 1.165) is 0 Å². The Kier molecular flexibility index (Phi) is 6.24. The summed E-state index contributed by atoms with van der Waals surface area (Å²) in [7, 11) is 3.21. The van der Waals surface area contributed by atoms with E-state index in [1.54, 1.807) is 38.3 Å². The third-order valence-corrected chi connectivity index (χ3v) is 2.76. The van der Waals surface area contributed by atoms with Crippen molar-refractivity contribution in [1.29, 1.82) is 0 Å². The lowest BCUT2D eigenvalue weighted by molar-refractivity contribution is 0.0626. The van der Waals surface area contributed by atoms with Gasteiger partial charge in [-0.25, -0.2) is 0 Å². The zero-order valence-corrected chi connectivity index (χ0v) is 11.7. The van der Waals surface area contributed by atoms with Gasteiger partial charge in [0.15, 0.2) is 0 Å². The zero-order chi connectivity index (χ0) is 14.3. The quantitative estimate of drug-likeness (QED) is 0.787. The monoisotopic (exact) mass is 267 g/mol. The molecule has 2 N–H and O–H groups in total. The zero-order valence-electron chi connectivity index (χ0n) is 11.7. The van der Waals surface area contributed by atoms with Crippen molar-refractivity contribution in [2.75, 3.05) is 46.3 Å². The number of hydrogen-bond acceptors (Lipinski definition) is 5. The second-order valence-electron chi connectivity index (χ2n) is 4.18. The highest BCUT2D eigenvalue weighted by atomic mass is 16.5. The molecule has 0 spiro atoms. The number of nitrogens with zero attached hydrogens (tertiary/aromatic N) is 2. The molecule has 0 saturated heterocycles. The SMILES string of the molecule is COCCN(CCOC)C(=O)c1cc(N)cnc1C. The number of aromatic nitrogens is 1. The first-order chi connectivity index (χ1) is 9.10. The van der Waals surface area contributed by atoms with Crippen LogP contribution in [0, 0.1) is 6.92 Å². The Hall–Kier alpha value is -1.66.